The van der Waals surface area contributed by atoms with Crippen LogP contribution in [0.2, 0.25) is 5.15 Å². The van der Waals surface area contributed by atoms with Crippen LogP contribution in [0.3, 0.4) is 0 Å². The van der Waals surface area contributed by atoms with Gasteiger partial charge in [0.1, 0.15) is 5.15 Å². The molecule has 1 aromatic rings. The molecule has 1 aliphatic rings. The molecular weight excluding hydrogens is 198 g/mol. The molecule has 0 amide bonds. The quantitative estimate of drug-likeness (QED) is 0.725. The summed E-state index contributed by atoms with van der Waals surface area (Å²) in [7, 11) is 0. The zero-order chi connectivity index (χ0) is 10.2. The molecular formula is C11H14ClNO. The van der Waals surface area contributed by atoms with E-state index in [0.717, 1.165) is 24.8 Å². The third-order valence-corrected chi connectivity index (χ3v) is 3.30. The Bertz CT molecular complexity index is 321. The predicted molar refractivity (Wildman–Crippen MR) is 56.5 cm³/mol. The van der Waals surface area contributed by atoms with Crippen molar-refractivity contribution in [3.63, 3.8) is 0 Å². The van der Waals surface area contributed by atoms with Crippen molar-refractivity contribution in [2.75, 3.05) is 0 Å². The molecule has 2 atom stereocenters. The summed E-state index contributed by atoms with van der Waals surface area (Å²) >= 11 is 5.72. The van der Waals surface area contributed by atoms with Crippen LogP contribution in [0.25, 0.3) is 0 Å². The molecule has 3 heteroatoms. The minimum Gasteiger partial charge on any atom is -0.390 e. The Kier molecular flexibility index (Phi) is 2.50. The van der Waals surface area contributed by atoms with Gasteiger partial charge in [-0.25, -0.2) is 4.98 Å². The molecule has 1 saturated carbocycles. The van der Waals surface area contributed by atoms with Gasteiger partial charge in [-0.15, -0.1) is 0 Å². The van der Waals surface area contributed by atoms with Gasteiger partial charge in [0, 0.05) is 12.1 Å². The van der Waals surface area contributed by atoms with Crippen molar-refractivity contribution in [1.29, 1.82) is 0 Å². The Morgan fingerprint density at radius 1 is 1.57 bits per heavy atom. The average molecular weight is 212 g/mol. The summed E-state index contributed by atoms with van der Waals surface area (Å²) in [5.74, 6) is 0.215. The lowest BCUT2D eigenvalue weighted by Gasteiger charge is -2.25. The van der Waals surface area contributed by atoms with Gasteiger partial charge in [-0.2, -0.15) is 0 Å². The summed E-state index contributed by atoms with van der Waals surface area (Å²) in [4.78, 5) is 4.04. The van der Waals surface area contributed by atoms with Gasteiger partial charge in [-0.05, 0) is 37.8 Å². The van der Waals surface area contributed by atoms with E-state index in [4.69, 9.17) is 11.6 Å². The van der Waals surface area contributed by atoms with Gasteiger partial charge in [-0.3, -0.25) is 0 Å². The highest BCUT2D eigenvalue weighted by molar-refractivity contribution is 6.29. The number of aromatic nitrogens is 1. The number of pyridine rings is 1. The first-order chi connectivity index (χ1) is 6.59. The van der Waals surface area contributed by atoms with Crippen LogP contribution in [0.4, 0.5) is 0 Å². The van der Waals surface area contributed by atoms with Crippen molar-refractivity contribution < 1.29 is 5.11 Å². The molecule has 1 fully saturated rings. The molecule has 1 heterocycles. The first-order valence-electron chi connectivity index (χ1n) is 4.93. The molecule has 0 spiro atoms. The van der Waals surface area contributed by atoms with Crippen molar-refractivity contribution in [2.45, 2.75) is 37.7 Å². The van der Waals surface area contributed by atoms with E-state index in [1.54, 1.807) is 12.3 Å². The molecule has 0 saturated heterocycles. The number of halogens is 1. The highest BCUT2D eigenvalue weighted by atomic mass is 35.5. The summed E-state index contributed by atoms with van der Waals surface area (Å²) in [5, 5.41) is 10.6. The van der Waals surface area contributed by atoms with Gasteiger partial charge in [0.05, 0.1) is 5.60 Å². The van der Waals surface area contributed by atoms with E-state index in [2.05, 4.69) is 4.98 Å². The van der Waals surface area contributed by atoms with E-state index in [-0.39, 0.29) is 5.92 Å². The highest BCUT2D eigenvalue weighted by Crippen LogP contribution is 2.42. The van der Waals surface area contributed by atoms with E-state index in [1.807, 2.05) is 13.0 Å². The number of hydrogen-bond donors (Lipinski definition) is 1. The second-order valence-corrected chi connectivity index (χ2v) is 4.60. The first kappa shape index (κ1) is 9.94. The van der Waals surface area contributed by atoms with Crippen molar-refractivity contribution in [3.05, 3.63) is 29.0 Å². The van der Waals surface area contributed by atoms with Crippen molar-refractivity contribution >= 4 is 11.6 Å². The van der Waals surface area contributed by atoms with E-state index < -0.39 is 5.60 Å². The van der Waals surface area contributed by atoms with E-state index >= 15 is 0 Å². The minimum atomic E-state index is -0.574. The Labute approximate surface area is 88.9 Å². The zero-order valence-electron chi connectivity index (χ0n) is 8.20. The SMILES string of the molecule is CC1(O)CCCC1c1ccc(Cl)nc1. The van der Waals surface area contributed by atoms with Crippen LogP contribution >= 0.6 is 11.6 Å². The smallest absolute Gasteiger partial charge is 0.129 e. The Hall–Kier alpha value is -0.600. The normalized spacial score (nSPS) is 32.1. The minimum absolute atomic E-state index is 0.215. The van der Waals surface area contributed by atoms with Crippen molar-refractivity contribution in [2.24, 2.45) is 0 Å². The zero-order valence-corrected chi connectivity index (χ0v) is 8.96. The molecule has 1 aromatic heterocycles. The maximum Gasteiger partial charge on any atom is 0.129 e. The molecule has 76 valence electrons. The highest BCUT2D eigenvalue weighted by Gasteiger charge is 2.37. The Balaban J connectivity index is 2.27. The lowest BCUT2D eigenvalue weighted by Crippen LogP contribution is -2.27. The molecule has 0 aromatic carbocycles. The average Bonchev–Trinajstić information content (AvgIpc) is 2.47. The molecule has 1 N–H and O–H groups in total. The van der Waals surface area contributed by atoms with Gasteiger partial charge in [-0.1, -0.05) is 17.7 Å². The van der Waals surface area contributed by atoms with E-state index in [0.29, 0.717) is 5.15 Å². The summed E-state index contributed by atoms with van der Waals surface area (Å²) in [5.41, 5.74) is 0.520. The van der Waals surface area contributed by atoms with Gasteiger partial charge >= 0.3 is 0 Å². The fourth-order valence-corrected chi connectivity index (χ4v) is 2.38. The maximum absolute atomic E-state index is 10.1. The third-order valence-electron chi connectivity index (χ3n) is 3.08. The Morgan fingerprint density at radius 2 is 2.36 bits per heavy atom. The topological polar surface area (TPSA) is 33.1 Å². The van der Waals surface area contributed by atoms with Crippen LogP contribution in [0.5, 0.6) is 0 Å². The van der Waals surface area contributed by atoms with Gasteiger partial charge in [0.15, 0.2) is 0 Å². The second kappa shape index (κ2) is 3.52. The molecule has 0 aliphatic heterocycles. The van der Waals surface area contributed by atoms with Gasteiger partial charge in [0.25, 0.3) is 0 Å². The number of aliphatic hydroxyl groups is 1. The maximum atomic E-state index is 10.1. The van der Waals surface area contributed by atoms with Crippen molar-refractivity contribution in [1.82, 2.24) is 4.98 Å². The number of hydrogen-bond acceptors (Lipinski definition) is 2. The summed E-state index contributed by atoms with van der Waals surface area (Å²) in [6.07, 6.45) is 4.77. The van der Waals surface area contributed by atoms with Gasteiger partial charge in [0.2, 0.25) is 0 Å². The fraction of sp³-hybridized carbons (Fsp3) is 0.545. The number of nitrogens with zero attached hydrogens (tertiary/aromatic N) is 1. The summed E-state index contributed by atoms with van der Waals surface area (Å²) in [6, 6.07) is 3.74. The fourth-order valence-electron chi connectivity index (χ4n) is 2.27. The monoisotopic (exact) mass is 211 g/mol. The summed E-state index contributed by atoms with van der Waals surface area (Å²) < 4.78 is 0. The van der Waals surface area contributed by atoms with Gasteiger partial charge < -0.3 is 5.11 Å². The van der Waals surface area contributed by atoms with Crippen molar-refractivity contribution in [3.8, 4) is 0 Å². The first-order valence-corrected chi connectivity index (χ1v) is 5.31. The lowest BCUT2D eigenvalue weighted by atomic mass is 9.87. The largest absolute Gasteiger partial charge is 0.390 e. The predicted octanol–water partition coefficient (Wildman–Crippen LogP) is 2.75. The number of rotatable bonds is 1. The standard InChI is InChI=1S/C11H14ClNO/c1-11(14)6-2-3-9(11)8-4-5-10(12)13-7-8/h4-5,7,9,14H,2-3,6H2,1H3. The Morgan fingerprint density at radius 3 is 2.86 bits per heavy atom. The molecule has 2 rings (SSSR count). The van der Waals surface area contributed by atoms with E-state index in [1.165, 1.54) is 0 Å². The molecule has 0 radical (unpaired) electrons. The van der Waals surface area contributed by atoms with Crippen LogP contribution in [-0.2, 0) is 0 Å². The van der Waals surface area contributed by atoms with E-state index in [9.17, 15) is 5.11 Å². The van der Waals surface area contributed by atoms with Crippen LogP contribution in [0.1, 0.15) is 37.7 Å². The van der Waals surface area contributed by atoms with Crippen LogP contribution in [-0.4, -0.2) is 15.7 Å². The molecule has 2 nitrogen and oxygen atoms in total. The molecule has 14 heavy (non-hydrogen) atoms. The van der Waals surface area contributed by atoms with Crippen LogP contribution in [0, 0.1) is 0 Å². The lowest BCUT2D eigenvalue weighted by molar-refractivity contribution is 0.0496. The second-order valence-electron chi connectivity index (χ2n) is 4.22. The molecule has 2 unspecified atom stereocenters. The molecule has 1 aliphatic carbocycles. The third kappa shape index (κ3) is 1.77. The van der Waals surface area contributed by atoms with Crippen LogP contribution in [0.15, 0.2) is 18.3 Å². The summed E-state index contributed by atoms with van der Waals surface area (Å²) in [6.45, 7) is 1.90. The van der Waals surface area contributed by atoms with Crippen LogP contribution < -0.4 is 0 Å². The molecule has 0 bridgehead atoms.